The van der Waals surface area contributed by atoms with Crippen molar-refractivity contribution in [2.75, 3.05) is 0 Å². The lowest BCUT2D eigenvalue weighted by atomic mass is 9.31. The fraction of sp³-hybridized carbons (Fsp3) is 1.00. The van der Waals surface area contributed by atoms with Crippen molar-refractivity contribution < 1.29 is 0 Å². The predicted octanol–water partition coefficient (Wildman–Crippen LogP) is 4.35. The molecule has 4 fully saturated rings. The minimum absolute atomic E-state index is 1.06. The van der Waals surface area contributed by atoms with Crippen LogP contribution in [0.3, 0.4) is 0 Å². The molecule has 0 heteroatoms. The third-order valence-corrected chi connectivity index (χ3v) is 7.03. The molecule has 4 aliphatic carbocycles. The third-order valence-electron chi connectivity index (χ3n) is 7.03. The molecule has 0 N–H and O–H groups in total. The van der Waals surface area contributed by atoms with Gasteiger partial charge in [-0.05, 0) is 60.2 Å². The van der Waals surface area contributed by atoms with Crippen LogP contribution in [0.1, 0.15) is 52.4 Å². The molecule has 0 aromatic heterocycles. The van der Waals surface area contributed by atoms with Gasteiger partial charge >= 0.3 is 0 Å². The second-order valence-corrected chi connectivity index (χ2v) is 7.45. The summed E-state index contributed by atoms with van der Waals surface area (Å²) in [5.74, 6) is 9.22. The maximum absolute atomic E-state index is 2.55. The highest BCUT2D eigenvalue weighted by atomic mass is 14.7. The Labute approximate surface area is 100 Å². The highest BCUT2D eigenvalue weighted by Crippen LogP contribution is 2.73. The molecule has 90 valence electrons. The summed E-state index contributed by atoms with van der Waals surface area (Å²) >= 11 is 0. The van der Waals surface area contributed by atoms with Gasteiger partial charge in [0.15, 0.2) is 0 Å². The summed E-state index contributed by atoms with van der Waals surface area (Å²) in [6, 6.07) is 0. The van der Waals surface area contributed by atoms with E-state index in [2.05, 4.69) is 13.8 Å². The lowest BCUT2D eigenvalue weighted by molar-refractivity contribution is -0.259. The number of hydrogen-bond donors (Lipinski definition) is 0. The van der Waals surface area contributed by atoms with E-state index in [4.69, 9.17) is 0 Å². The molecular weight excluding hydrogens is 192 g/mol. The van der Waals surface area contributed by atoms with Crippen molar-refractivity contribution in [3.8, 4) is 0 Å². The normalized spacial score (nSPS) is 63.4. The van der Waals surface area contributed by atoms with Gasteiger partial charge in [-0.25, -0.2) is 0 Å². The Morgan fingerprint density at radius 3 is 1.44 bits per heavy atom. The van der Waals surface area contributed by atoms with Crippen molar-refractivity contribution >= 4 is 0 Å². The van der Waals surface area contributed by atoms with E-state index in [9.17, 15) is 0 Å². The zero-order chi connectivity index (χ0) is 10.9. The minimum Gasteiger partial charge on any atom is -0.0622 e. The molecule has 0 heterocycles. The van der Waals surface area contributed by atoms with Crippen LogP contribution >= 0.6 is 0 Å². The predicted molar refractivity (Wildman–Crippen MR) is 67.0 cm³/mol. The van der Waals surface area contributed by atoms with Crippen molar-refractivity contribution in [3.05, 3.63) is 0 Å². The van der Waals surface area contributed by atoms with E-state index in [1.54, 1.807) is 25.7 Å². The van der Waals surface area contributed by atoms with Crippen LogP contribution in [0, 0.1) is 47.3 Å². The first-order valence-corrected chi connectivity index (χ1v) is 7.79. The molecule has 0 nitrogen and oxygen atoms in total. The van der Waals surface area contributed by atoms with Gasteiger partial charge in [-0.1, -0.05) is 39.5 Å². The van der Waals surface area contributed by atoms with Crippen LogP contribution < -0.4 is 0 Å². The van der Waals surface area contributed by atoms with Crippen molar-refractivity contribution in [2.24, 2.45) is 47.3 Å². The quantitative estimate of drug-likeness (QED) is 0.567. The Morgan fingerprint density at radius 2 is 1.00 bits per heavy atom. The fourth-order valence-corrected chi connectivity index (χ4v) is 6.45. The maximum Gasteiger partial charge on any atom is -0.0315 e. The summed E-state index contributed by atoms with van der Waals surface area (Å²) in [5.41, 5.74) is 0. The van der Waals surface area contributed by atoms with Crippen LogP contribution in [0.5, 0.6) is 0 Å². The van der Waals surface area contributed by atoms with E-state index in [1.807, 2.05) is 0 Å². The van der Waals surface area contributed by atoms with Crippen LogP contribution in [-0.2, 0) is 0 Å². The molecule has 0 spiro atoms. The van der Waals surface area contributed by atoms with Gasteiger partial charge < -0.3 is 0 Å². The SMILES string of the molecule is CC1CCC(C)C2C1C1C3CCCCC3C21. The van der Waals surface area contributed by atoms with Gasteiger partial charge in [0.1, 0.15) is 0 Å². The summed E-state index contributed by atoms with van der Waals surface area (Å²) in [5, 5.41) is 0. The number of rotatable bonds is 0. The molecule has 8 unspecified atom stereocenters. The number of hydrogen-bond acceptors (Lipinski definition) is 0. The van der Waals surface area contributed by atoms with E-state index in [1.165, 1.54) is 36.5 Å². The third kappa shape index (κ3) is 1.03. The van der Waals surface area contributed by atoms with Gasteiger partial charge in [0.05, 0.1) is 0 Å². The topological polar surface area (TPSA) is 0 Å². The van der Waals surface area contributed by atoms with E-state index in [0.29, 0.717) is 0 Å². The van der Waals surface area contributed by atoms with Crippen molar-refractivity contribution in [2.45, 2.75) is 52.4 Å². The van der Waals surface area contributed by atoms with Crippen LogP contribution in [0.2, 0.25) is 0 Å². The Kier molecular flexibility index (Phi) is 2.04. The van der Waals surface area contributed by atoms with Gasteiger partial charge in [0.25, 0.3) is 0 Å². The molecule has 0 radical (unpaired) electrons. The molecular formula is C16H26. The van der Waals surface area contributed by atoms with Gasteiger partial charge in [0.2, 0.25) is 0 Å². The van der Waals surface area contributed by atoms with Crippen LogP contribution in [-0.4, -0.2) is 0 Å². The van der Waals surface area contributed by atoms with E-state index >= 15 is 0 Å². The lowest BCUT2D eigenvalue weighted by Crippen LogP contribution is -2.69. The monoisotopic (exact) mass is 218 g/mol. The highest BCUT2D eigenvalue weighted by Gasteiger charge is 2.67. The Balaban J connectivity index is 1.59. The molecule has 16 heavy (non-hydrogen) atoms. The van der Waals surface area contributed by atoms with Gasteiger partial charge in [-0.3, -0.25) is 0 Å². The molecule has 0 aromatic rings. The smallest absolute Gasteiger partial charge is 0.0315 e. The molecule has 0 aromatic carbocycles. The van der Waals surface area contributed by atoms with E-state index < -0.39 is 0 Å². The Morgan fingerprint density at radius 1 is 0.562 bits per heavy atom. The highest BCUT2D eigenvalue weighted by molar-refractivity contribution is 5.15. The second kappa shape index (κ2) is 3.27. The summed E-state index contributed by atoms with van der Waals surface area (Å²) in [7, 11) is 0. The Bertz CT molecular complexity index is 264. The average molecular weight is 218 g/mol. The van der Waals surface area contributed by atoms with Gasteiger partial charge in [0, 0.05) is 0 Å². The van der Waals surface area contributed by atoms with Crippen molar-refractivity contribution in [1.82, 2.24) is 0 Å². The van der Waals surface area contributed by atoms with E-state index in [0.717, 1.165) is 23.7 Å². The van der Waals surface area contributed by atoms with E-state index in [-0.39, 0.29) is 0 Å². The molecule has 4 saturated carbocycles. The first-order chi connectivity index (χ1) is 7.79. The van der Waals surface area contributed by atoms with Crippen LogP contribution in [0.15, 0.2) is 0 Å². The lowest BCUT2D eigenvalue weighted by Gasteiger charge is -2.73. The molecule has 4 aliphatic rings. The van der Waals surface area contributed by atoms with Crippen molar-refractivity contribution in [1.29, 1.82) is 0 Å². The summed E-state index contributed by atoms with van der Waals surface area (Å²) < 4.78 is 0. The first kappa shape index (κ1) is 9.97. The standard InChI is InChI=1S/C16H26/c1-9-7-8-10(2)14-13(9)15-11-5-3-4-6-12(11)16(14)15/h9-16H,3-8H2,1-2H3. The zero-order valence-corrected chi connectivity index (χ0v) is 10.9. The van der Waals surface area contributed by atoms with Crippen LogP contribution in [0.4, 0.5) is 0 Å². The summed E-state index contributed by atoms with van der Waals surface area (Å²) in [6.45, 7) is 5.10. The first-order valence-electron chi connectivity index (χ1n) is 7.79. The molecule has 0 bridgehead atoms. The second-order valence-electron chi connectivity index (χ2n) is 7.45. The van der Waals surface area contributed by atoms with Gasteiger partial charge in [-0.2, -0.15) is 0 Å². The maximum atomic E-state index is 2.55. The Hall–Kier alpha value is 0. The molecule has 0 saturated heterocycles. The summed E-state index contributed by atoms with van der Waals surface area (Å²) in [4.78, 5) is 0. The van der Waals surface area contributed by atoms with Gasteiger partial charge in [-0.15, -0.1) is 0 Å². The number of fused-ring (bicyclic) bond motifs is 7. The minimum atomic E-state index is 1.06. The molecule has 4 rings (SSSR count). The molecule has 8 atom stereocenters. The van der Waals surface area contributed by atoms with Crippen LogP contribution in [0.25, 0.3) is 0 Å². The average Bonchev–Trinajstić information content (AvgIpc) is 2.24. The molecule has 0 amide bonds. The summed E-state index contributed by atoms with van der Waals surface area (Å²) in [6.07, 6.45) is 9.34. The zero-order valence-electron chi connectivity index (χ0n) is 10.9. The largest absolute Gasteiger partial charge is 0.0622 e. The molecule has 0 aliphatic heterocycles. The fourth-order valence-electron chi connectivity index (χ4n) is 6.45. The van der Waals surface area contributed by atoms with Crippen molar-refractivity contribution in [3.63, 3.8) is 0 Å².